The third-order valence-corrected chi connectivity index (χ3v) is 4.21. The van der Waals surface area contributed by atoms with Crippen LogP contribution in [-0.4, -0.2) is 37.2 Å². The number of aromatic nitrogens is 2. The smallest absolute Gasteiger partial charge is 0.158 e. The van der Waals surface area contributed by atoms with Crippen LogP contribution in [0.15, 0.2) is 6.07 Å². The van der Waals surface area contributed by atoms with Crippen LogP contribution in [0.1, 0.15) is 38.4 Å². The Morgan fingerprint density at radius 2 is 2.10 bits per heavy atom. The number of methoxy groups -OCH3 is 1. The molecule has 0 bridgehead atoms. The fourth-order valence-corrected chi connectivity index (χ4v) is 3.03. The summed E-state index contributed by atoms with van der Waals surface area (Å²) in [6, 6.07) is 2.58. The average Bonchev–Trinajstić information content (AvgIpc) is 2.47. The fraction of sp³-hybridized carbons (Fsp3) is 0.733. The molecule has 2 unspecified atom stereocenters. The summed E-state index contributed by atoms with van der Waals surface area (Å²) < 4.78 is 5.16. The molecule has 0 aliphatic heterocycles. The zero-order chi connectivity index (χ0) is 14.5. The summed E-state index contributed by atoms with van der Waals surface area (Å²) in [5.41, 5.74) is 0. The molecule has 1 aromatic heterocycles. The first-order chi connectivity index (χ1) is 9.65. The number of ether oxygens (including phenoxy) is 1. The number of nitrogens with one attached hydrogen (secondary N) is 1. The lowest BCUT2D eigenvalue weighted by Crippen LogP contribution is -2.39. The van der Waals surface area contributed by atoms with Crippen molar-refractivity contribution in [1.29, 1.82) is 0 Å². The van der Waals surface area contributed by atoms with E-state index in [2.05, 4.69) is 34.2 Å². The lowest BCUT2D eigenvalue weighted by molar-refractivity contribution is 0.178. The van der Waals surface area contributed by atoms with E-state index in [1.807, 2.05) is 13.1 Å². The summed E-state index contributed by atoms with van der Waals surface area (Å²) in [7, 11) is 5.69. The van der Waals surface area contributed by atoms with Crippen LogP contribution in [-0.2, 0) is 11.3 Å². The van der Waals surface area contributed by atoms with E-state index in [-0.39, 0.29) is 0 Å². The van der Waals surface area contributed by atoms with Crippen LogP contribution in [0.3, 0.4) is 0 Å². The van der Waals surface area contributed by atoms with Crippen molar-refractivity contribution in [2.24, 2.45) is 5.92 Å². The van der Waals surface area contributed by atoms with E-state index < -0.39 is 0 Å². The SMILES string of the molecule is CNc1cc(N(C)C2CCCCC2C)nc(COC)n1. The largest absolute Gasteiger partial charge is 0.377 e. The van der Waals surface area contributed by atoms with Crippen LogP contribution in [0.25, 0.3) is 0 Å². The van der Waals surface area contributed by atoms with Crippen LogP contribution in [0.4, 0.5) is 11.6 Å². The van der Waals surface area contributed by atoms with Gasteiger partial charge in [-0.1, -0.05) is 19.8 Å². The van der Waals surface area contributed by atoms with Gasteiger partial charge in [0.1, 0.15) is 18.2 Å². The van der Waals surface area contributed by atoms with Gasteiger partial charge in [-0.05, 0) is 18.8 Å². The molecule has 1 heterocycles. The Balaban J connectivity index is 2.23. The van der Waals surface area contributed by atoms with Crippen molar-refractivity contribution in [3.63, 3.8) is 0 Å². The molecule has 2 atom stereocenters. The average molecular weight is 278 g/mol. The van der Waals surface area contributed by atoms with Crippen LogP contribution in [0.5, 0.6) is 0 Å². The predicted molar refractivity (Wildman–Crippen MR) is 82.1 cm³/mol. The molecule has 0 spiro atoms. The van der Waals surface area contributed by atoms with Crippen LogP contribution < -0.4 is 10.2 Å². The highest BCUT2D eigenvalue weighted by atomic mass is 16.5. The molecule has 5 heteroatoms. The monoisotopic (exact) mass is 278 g/mol. The first kappa shape index (κ1) is 15.0. The molecule has 1 aliphatic carbocycles. The van der Waals surface area contributed by atoms with E-state index in [4.69, 9.17) is 4.74 Å². The Kier molecular flexibility index (Phi) is 5.17. The molecule has 1 N–H and O–H groups in total. The standard InChI is InChI=1S/C15H26N4O/c1-11-7-5-6-8-12(11)19(3)15-9-13(16-2)17-14(18-15)10-20-4/h9,11-12H,5-8,10H2,1-4H3,(H,16,17,18). The van der Waals surface area contributed by atoms with Gasteiger partial charge in [0, 0.05) is 33.3 Å². The van der Waals surface area contributed by atoms with Gasteiger partial charge in [0.05, 0.1) is 0 Å². The topological polar surface area (TPSA) is 50.3 Å². The van der Waals surface area contributed by atoms with E-state index in [9.17, 15) is 0 Å². The molecule has 1 fully saturated rings. The van der Waals surface area contributed by atoms with Crippen molar-refractivity contribution in [2.75, 3.05) is 31.4 Å². The Labute approximate surface area is 121 Å². The lowest BCUT2D eigenvalue weighted by atomic mass is 9.85. The van der Waals surface area contributed by atoms with Gasteiger partial charge in [-0.15, -0.1) is 0 Å². The molecule has 1 aliphatic rings. The van der Waals surface area contributed by atoms with Crippen molar-refractivity contribution in [1.82, 2.24) is 9.97 Å². The van der Waals surface area contributed by atoms with Gasteiger partial charge in [-0.25, -0.2) is 9.97 Å². The van der Waals surface area contributed by atoms with Crippen molar-refractivity contribution in [3.05, 3.63) is 11.9 Å². The van der Waals surface area contributed by atoms with Gasteiger partial charge in [-0.2, -0.15) is 0 Å². The van der Waals surface area contributed by atoms with Gasteiger partial charge < -0.3 is 15.0 Å². The van der Waals surface area contributed by atoms with E-state index in [1.165, 1.54) is 25.7 Å². The molecule has 2 rings (SSSR count). The number of anilines is 2. The van der Waals surface area contributed by atoms with Gasteiger partial charge in [0.15, 0.2) is 5.82 Å². The summed E-state index contributed by atoms with van der Waals surface area (Å²) in [5.74, 6) is 3.27. The third-order valence-electron chi connectivity index (χ3n) is 4.21. The second-order valence-electron chi connectivity index (χ2n) is 5.65. The number of rotatable bonds is 5. The van der Waals surface area contributed by atoms with Crippen molar-refractivity contribution in [2.45, 2.75) is 45.3 Å². The third kappa shape index (κ3) is 3.39. The minimum atomic E-state index is 0.441. The molecular weight excluding hydrogens is 252 g/mol. The maximum absolute atomic E-state index is 5.16. The van der Waals surface area contributed by atoms with Gasteiger partial charge in [0.2, 0.25) is 0 Å². The van der Waals surface area contributed by atoms with Gasteiger partial charge >= 0.3 is 0 Å². The van der Waals surface area contributed by atoms with E-state index >= 15 is 0 Å². The molecule has 0 aromatic carbocycles. The van der Waals surface area contributed by atoms with Gasteiger partial charge in [-0.3, -0.25) is 0 Å². The predicted octanol–water partition coefficient (Wildman–Crippen LogP) is 2.68. The summed E-state index contributed by atoms with van der Waals surface area (Å²) >= 11 is 0. The maximum Gasteiger partial charge on any atom is 0.158 e. The Bertz CT molecular complexity index is 438. The second-order valence-corrected chi connectivity index (χ2v) is 5.65. The molecule has 1 aromatic rings. The number of hydrogen-bond acceptors (Lipinski definition) is 5. The molecule has 112 valence electrons. The highest BCUT2D eigenvalue weighted by Gasteiger charge is 2.26. The van der Waals surface area contributed by atoms with Crippen LogP contribution in [0.2, 0.25) is 0 Å². The second kappa shape index (κ2) is 6.88. The highest BCUT2D eigenvalue weighted by molar-refractivity contribution is 5.49. The summed E-state index contributed by atoms with van der Waals surface area (Å²) in [6.07, 6.45) is 5.22. The Hall–Kier alpha value is -1.36. The Morgan fingerprint density at radius 1 is 1.35 bits per heavy atom. The van der Waals surface area contributed by atoms with Crippen molar-refractivity contribution in [3.8, 4) is 0 Å². The molecule has 0 saturated heterocycles. The van der Waals surface area contributed by atoms with E-state index in [0.29, 0.717) is 18.6 Å². The molecule has 0 amide bonds. The first-order valence-electron chi connectivity index (χ1n) is 7.43. The molecule has 0 radical (unpaired) electrons. The minimum absolute atomic E-state index is 0.441. The quantitative estimate of drug-likeness (QED) is 0.897. The van der Waals surface area contributed by atoms with Crippen molar-refractivity contribution < 1.29 is 4.74 Å². The molecule has 20 heavy (non-hydrogen) atoms. The number of nitrogens with zero attached hydrogens (tertiary/aromatic N) is 3. The lowest BCUT2D eigenvalue weighted by Gasteiger charge is -2.37. The van der Waals surface area contributed by atoms with Crippen LogP contribution in [0, 0.1) is 5.92 Å². The first-order valence-corrected chi connectivity index (χ1v) is 7.43. The van der Waals surface area contributed by atoms with Crippen molar-refractivity contribution >= 4 is 11.6 Å². The fourth-order valence-electron chi connectivity index (χ4n) is 3.03. The molecule has 5 nitrogen and oxygen atoms in total. The normalized spacial score (nSPS) is 22.6. The van der Waals surface area contributed by atoms with Gasteiger partial charge in [0.25, 0.3) is 0 Å². The molecule has 1 saturated carbocycles. The number of hydrogen-bond donors (Lipinski definition) is 1. The van der Waals surface area contributed by atoms with E-state index in [0.717, 1.165) is 17.5 Å². The molecular formula is C15H26N4O. The van der Waals surface area contributed by atoms with E-state index in [1.54, 1.807) is 7.11 Å². The maximum atomic E-state index is 5.16. The van der Waals surface area contributed by atoms with Crippen LogP contribution >= 0.6 is 0 Å². The zero-order valence-corrected chi connectivity index (χ0v) is 13.0. The Morgan fingerprint density at radius 3 is 2.75 bits per heavy atom. The zero-order valence-electron chi connectivity index (χ0n) is 13.0. The summed E-state index contributed by atoms with van der Waals surface area (Å²) in [6.45, 7) is 2.78. The summed E-state index contributed by atoms with van der Waals surface area (Å²) in [5, 5.41) is 3.10. The highest BCUT2D eigenvalue weighted by Crippen LogP contribution is 2.30. The summed E-state index contributed by atoms with van der Waals surface area (Å²) in [4.78, 5) is 11.4. The minimum Gasteiger partial charge on any atom is -0.377 e.